The van der Waals surface area contributed by atoms with Gasteiger partial charge in [0.25, 0.3) is 0 Å². The fourth-order valence-corrected chi connectivity index (χ4v) is 2.03. The van der Waals surface area contributed by atoms with Crippen molar-refractivity contribution in [3.8, 4) is 6.07 Å². The van der Waals surface area contributed by atoms with Crippen LogP contribution >= 0.6 is 0 Å². The lowest BCUT2D eigenvalue weighted by molar-refractivity contribution is 0.421. The Morgan fingerprint density at radius 2 is 2.40 bits per heavy atom. The first-order valence-electron chi connectivity index (χ1n) is 5.67. The Bertz CT molecular complexity index is 368. The summed E-state index contributed by atoms with van der Waals surface area (Å²) in [4.78, 5) is 4.36. The molecule has 15 heavy (non-hydrogen) atoms. The summed E-state index contributed by atoms with van der Waals surface area (Å²) in [7, 11) is 0. The monoisotopic (exact) mass is 203 g/mol. The number of nitrogens with zero attached hydrogens (tertiary/aromatic N) is 3. The number of nitriles is 1. The van der Waals surface area contributed by atoms with Crippen LogP contribution in [0.3, 0.4) is 0 Å². The van der Waals surface area contributed by atoms with E-state index in [4.69, 9.17) is 5.26 Å². The third kappa shape index (κ3) is 2.20. The first kappa shape index (κ1) is 10.2. The highest BCUT2D eigenvalue weighted by molar-refractivity contribution is 5.02. The third-order valence-electron chi connectivity index (χ3n) is 3.19. The summed E-state index contributed by atoms with van der Waals surface area (Å²) in [5.41, 5.74) is 0.276. The number of hydrogen-bond donors (Lipinski definition) is 0. The second-order valence-electron chi connectivity index (χ2n) is 4.56. The van der Waals surface area contributed by atoms with Gasteiger partial charge in [0.2, 0.25) is 0 Å². The van der Waals surface area contributed by atoms with Crippen molar-refractivity contribution in [1.29, 1.82) is 5.26 Å². The Morgan fingerprint density at radius 3 is 3.00 bits per heavy atom. The van der Waals surface area contributed by atoms with E-state index in [0.29, 0.717) is 6.42 Å². The van der Waals surface area contributed by atoms with Crippen LogP contribution in [0.5, 0.6) is 0 Å². The molecule has 0 bridgehead atoms. The molecule has 1 fully saturated rings. The quantitative estimate of drug-likeness (QED) is 0.738. The van der Waals surface area contributed by atoms with Crippen molar-refractivity contribution < 1.29 is 0 Å². The van der Waals surface area contributed by atoms with E-state index < -0.39 is 0 Å². The average Bonchev–Trinajstić information content (AvgIpc) is 2.83. The van der Waals surface area contributed by atoms with E-state index in [0.717, 1.165) is 19.4 Å². The molecule has 0 spiro atoms. The molecule has 1 saturated carbocycles. The first-order chi connectivity index (χ1) is 7.29. The van der Waals surface area contributed by atoms with Gasteiger partial charge in [-0.2, -0.15) is 5.26 Å². The van der Waals surface area contributed by atoms with Gasteiger partial charge in [0.1, 0.15) is 5.82 Å². The normalized spacial score (nSPS) is 17.3. The maximum absolute atomic E-state index is 8.77. The maximum atomic E-state index is 8.77. The zero-order valence-corrected chi connectivity index (χ0v) is 9.24. The third-order valence-corrected chi connectivity index (χ3v) is 3.19. The number of aryl methyl sites for hydroxylation is 1. The second kappa shape index (κ2) is 4.06. The number of hydrogen-bond acceptors (Lipinski definition) is 2. The molecule has 1 aliphatic carbocycles. The van der Waals surface area contributed by atoms with Crippen molar-refractivity contribution in [2.24, 2.45) is 5.41 Å². The predicted molar refractivity (Wildman–Crippen MR) is 58.1 cm³/mol. The smallest absolute Gasteiger partial charge is 0.108 e. The summed E-state index contributed by atoms with van der Waals surface area (Å²) in [6, 6.07) is 2.30. The molecule has 0 aromatic carbocycles. The van der Waals surface area contributed by atoms with E-state index in [9.17, 15) is 0 Å². The van der Waals surface area contributed by atoms with Gasteiger partial charge >= 0.3 is 0 Å². The zero-order chi connectivity index (χ0) is 10.7. The number of imidazole rings is 1. The van der Waals surface area contributed by atoms with Crippen molar-refractivity contribution in [3.05, 3.63) is 18.2 Å². The molecule has 1 aromatic rings. The van der Waals surface area contributed by atoms with Crippen LogP contribution in [-0.2, 0) is 13.0 Å². The molecule has 0 N–H and O–H groups in total. The molecule has 2 rings (SSSR count). The standard InChI is InChI=1S/C12H17N3/c1-2-3-11-14-8-9-15(11)10-12(4-5-12)6-7-13/h8-9H,2-6,10H2,1H3. The van der Waals surface area contributed by atoms with E-state index >= 15 is 0 Å². The highest BCUT2D eigenvalue weighted by Gasteiger charge is 2.42. The van der Waals surface area contributed by atoms with Crippen LogP contribution in [0, 0.1) is 16.7 Å². The van der Waals surface area contributed by atoms with Crippen LogP contribution in [-0.4, -0.2) is 9.55 Å². The molecule has 1 aromatic heterocycles. The summed E-state index contributed by atoms with van der Waals surface area (Å²) in [5, 5.41) is 8.77. The minimum atomic E-state index is 0.276. The highest BCUT2D eigenvalue weighted by atomic mass is 15.1. The van der Waals surface area contributed by atoms with Crippen LogP contribution in [0.15, 0.2) is 12.4 Å². The molecule has 1 aliphatic rings. The van der Waals surface area contributed by atoms with Crippen LogP contribution in [0.25, 0.3) is 0 Å². The van der Waals surface area contributed by atoms with Gasteiger partial charge in [-0.25, -0.2) is 4.98 Å². The van der Waals surface area contributed by atoms with Gasteiger partial charge in [-0.3, -0.25) is 0 Å². The molecular formula is C12H17N3. The van der Waals surface area contributed by atoms with E-state index in [-0.39, 0.29) is 5.41 Å². The molecule has 0 aliphatic heterocycles. The number of rotatable bonds is 5. The SMILES string of the molecule is CCCc1nccn1CC1(CC#N)CC1. The van der Waals surface area contributed by atoms with Crippen LogP contribution in [0.4, 0.5) is 0 Å². The molecule has 0 saturated heterocycles. The van der Waals surface area contributed by atoms with Crippen molar-refractivity contribution in [3.63, 3.8) is 0 Å². The lowest BCUT2D eigenvalue weighted by atomic mass is 10.0. The summed E-state index contributed by atoms with van der Waals surface area (Å²) in [6.07, 6.45) is 9.17. The van der Waals surface area contributed by atoms with Gasteiger partial charge in [0.15, 0.2) is 0 Å². The largest absolute Gasteiger partial charge is 0.334 e. The van der Waals surface area contributed by atoms with Crippen molar-refractivity contribution in [2.75, 3.05) is 0 Å². The Morgan fingerprint density at radius 1 is 1.60 bits per heavy atom. The van der Waals surface area contributed by atoms with E-state index in [2.05, 4.69) is 22.5 Å². The van der Waals surface area contributed by atoms with Gasteiger partial charge in [0, 0.05) is 37.2 Å². The van der Waals surface area contributed by atoms with Crippen molar-refractivity contribution >= 4 is 0 Å². The van der Waals surface area contributed by atoms with Crippen LogP contribution < -0.4 is 0 Å². The van der Waals surface area contributed by atoms with E-state index in [1.807, 2.05) is 12.4 Å². The highest BCUT2D eigenvalue weighted by Crippen LogP contribution is 2.50. The topological polar surface area (TPSA) is 41.6 Å². The lowest BCUT2D eigenvalue weighted by Gasteiger charge is -2.14. The van der Waals surface area contributed by atoms with Gasteiger partial charge in [-0.15, -0.1) is 0 Å². The van der Waals surface area contributed by atoms with Gasteiger partial charge in [0.05, 0.1) is 6.07 Å². The van der Waals surface area contributed by atoms with Crippen LogP contribution in [0.2, 0.25) is 0 Å². The molecule has 0 unspecified atom stereocenters. The molecule has 0 atom stereocenters. The molecule has 80 valence electrons. The average molecular weight is 203 g/mol. The fourth-order valence-electron chi connectivity index (χ4n) is 2.03. The minimum Gasteiger partial charge on any atom is -0.334 e. The molecule has 3 heteroatoms. The Labute approximate surface area is 90.7 Å². The van der Waals surface area contributed by atoms with Gasteiger partial charge < -0.3 is 4.57 Å². The summed E-state index contributed by atoms with van der Waals surface area (Å²) in [6.45, 7) is 3.15. The molecule has 1 heterocycles. The number of aromatic nitrogens is 2. The zero-order valence-electron chi connectivity index (χ0n) is 9.24. The summed E-state index contributed by atoms with van der Waals surface area (Å²) < 4.78 is 2.23. The van der Waals surface area contributed by atoms with Gasteiger partial charge in [-0.05, 0) is 19.3 Å². The molecule has 0 amide bonds. The maximum Gasteiger partial charge on any atom is 0.108 e. The summed E-state index contributed by atoms with van der Waals surface area (Å²) >= 11 is 0. The Balaban J connectivity index is 2.04. The predicted octanol–water partition coefficient (Wildman–Crippen LogP) is 2.53. The van der Waals surface area contributed by atoms with E-state index in [1.165, 1.54) is 18.7 Å². The summed E-state index contributed by atoms with van der Waals surface area (Å²) in [5.74, 6) is 1.17. The van der Waals surface area contributed by atoms with Gasteiger partial charge in [-0.1, -0.05) is 6.92 Å². The Kier molecular flexibility index (Phi) is 2.77. The Hall–Kier alpha value is -1.30. The molecule has 0 radical (unpaired) electrons. The van der Waals surface area contributed by atoms with Crippen LogP contribution in [0.1, 0.15) is 38.4 Å². The first-order valence-corrected chi connectivity index (χ1v) is 5.67. The van der Waals surface area contributed by atoms with Crippen molar-refractivity contribution in [2.45, 2.75) is 45.6 Å². The van der Waals surface area contributed by atoms with E-state index in [1.54, 1.807) is 0 Å². The minimum absolute atomic E-state index is 0.276. The fraction of sp³-hybridized carbons (Fsp3) is 0.667. The molecule has 3 nitrogen and oxygen atoms in total. The second-order valence-corrected chi connectivity index (χ2v) is 4.56. The lowest BCUT2D eigenvalue weighted by Crippen LogP contribution is -2.13. The van der Waals surface area contributed by atoms with Crippen molar-refractivity contribution in [1.82, 2.24) is 9.55 Å². The molecular weight excluding hydrogens is 186 g/mol.